The van der Waals surface area contributed by atoms with E-state index >= 15 is 0 Å². The second-order valence-corrected chi connectivity index (χ2v) is 5.78. The lowest BCUT2D eigenvalue weighted by atomic mass is 9.96. The molecule has 20 heavy (non-hydrogen) atoms. The minimum Gasteiger partial charge on any atom is -0.335 e. The highest BCUT2D eigenvalue weighted by atomic mass is 16.2. The van der Waals surface area contributed by atoms with Gasteiger partial charge in [-0.05, 0) is 11.6 Å². The molecule has 0 unspecified atom stereocenters. The minimum absolute atomic E-state index is 0.159. The van der Waals surface area contributed by atoms with Crippen molar-refractivity contribution in [2.75, 3.05) is 7.05 Å². The number of hydrogen-bond donors (Lipinski definition) is 1. The van der Waals surface area contributed by atoms with Crippen molar-refractivity contribution in [2.45, 2.75) is 32.7 Å². The van der Waals surface area contributed by atoms with Gasteiger partial charge in [-0.1, -0.05) is 26.8 Å². The van der Waals surface area contributed by atoms with Crippen LogP contribution in [0.25, 0.3) is 0 Å². The maximum absolute atomic E-state index is 12.2. The fourth-order valence-electron chi connectivity index (χ4n) is 1.70. The molecular weight excluding hydrogens is 254 g/mol. The van der Waals surface area contributed by atoms with Crippen LogP contribution < -0.4 is 0 Å². The molecule has 0 bridgehead atoms. The van der Waals surface area contributed by atoms with E-state index in [4.69, 9.17) is 0 Å². The minimum atomic E-state index is -0.208. The smallest absolute Gasteiger partial charge is 0.293 e. The van der Waals surface area contributed by atoms with Crippen LogP contribution in [0.5, 0.6) is 0 Å². The van der Waals surface area contributed by atoms with E-state index < -0.39 is 0 Å². The van der Waals surface area contributed by atoms with Gasteiger partial charge in [0.25, 0.3) is 5.91 Å². The zero-order valence-corrected chi connectivity index (χ0v) is 12.2. The number of nitrogens with one attached hydrogen (secondary N) is 1. The second kappa shape index (κ2) is 5.40. The maximum Gasteiger partial charge on any atom is 0.293 e. The lowest BCUT2D eigenvalue weighted by molar-refractivity contribution is 0.0773. The Morgan fingerprint density at radius 3 is 2.70 bits per heavy atom. The molecule has 0 saturated carbocycles. The standard InChI is InChI=1S/C14H19N5O/c1-14(2,3)13-16-11(17-18-13)12(20)19(4)9-10-6-5-7-15-8-10/h5-8H,9H2,1-4H3,(H,16,17,18). The molecular formula is C14H19N5O. The fraction of sp³-hybridized carbons (Fsp3) is 0.429. The molecule has 0 radical (unpaired) electrons. The summed E-state index contributed by atoms with van der Waals surface area (Å²) in [6, 6.07) is 3.77. The topological polar surface area (TPSA) is 74.8 Å². The van der Waals surface area contributed by atoms with Crippen molar-refractivity contribution in [3.63, 3.8) is 0 Å². The molecule has 0 aromatic carbocycles. The number of pyridine rings is 1. The zero-order valence-electron chi connectivity index (χ0n) is 12.2. The van der Waals surface area contributed by atoms with E-state index in [9.17, 15) is 4.79 Å². The molecule has 1 amide bonds. The Labute approximate surface area is 118 Å². The highest BCUT2D eigenvalue weighted by Gasteiger charge is 2.23. The van der Waals surface area contributed by atoms with Gasteiger partial charge in [0.1, 0.15) is 5.82 Å². The number of hydrogen-bond acceptors (Lipinski definition) is 4. The highest BCUT2D eigenvalue weighted by molar-refractivity contribution is 5.90. The molecule has 0 aliphatic heterocycles. The molecule has 6 nitrogen and oxygen atoms in total. The third-order valence-electron chi connectivity index (χ3n) is 2.88. The van der Waals surface area contributed by atoms with Crippen LogP contribution in [0.4, 0.5) is 0 Å². The van der Waals surface area contributed by atoms with Gasteiger partial charge in [0.15, 0.2) is 0 Å². The zero-order chi connectivity index (χ0) is 14.8. The van der Waals surface area contributed by atoms with Gasteiger partial charge in [-0.2, -0.15) is 0 Å². The van der Waals surface area contributed by atoms with E-state index in [-0.39, 0.29) is 17.1 Å². The molecule has 2 aromatic heterocycles. The first-order valence-electron chi connectivity index (χ1n) is 6.45. The summed E-state index contributed by atoms with van der Waals surface area (Å²) < 4.78 is 0. The molecule has 2 aromatic rings. The highest BCUT2D eigenvalue weighted by Crippen LogP contribution is 2.17. The average Bonchev–Trinajstić information content (AvgIpc) is 2.88. The first-order valence-corrected chi connectivity index (χ1v) is 6.45. The summed E-state index contributed by atoms with van der Waals surface area (Å²) in [7, 11) is 1.72. The number of carbonyl (C=O) groups excluding carboxylic acids is 1. The van der Waals surface area contributed by atoms with E-state index in [0.29, 0.717) is 12.4 Å². The quantitative estimate of drug-likeness (QED) is 0.924. The van der Waals surface area contributed by atoms with Crippen molar-refractivity contribution >= 4 is 5.91 Å². The van der Waals surface area contributed by atoms with E-state index in [2.05, 4.69) is 20.2 Å². The number of amides is 1. The summed E-state index contributed by atoms with van der Waals surface area (Å²) in [6.45, 7) is 6.52. The number of nitrogens with zero attached hydrogens (tertiary/aromatic N) is 4. The molecule has 0 spiro atoms. The van der Waals surface area contributed by atoms with Crippen molar-refractivity contribution in [2.24, 2.45) is 0 Å². The summed E-state index contributed by atoms with van der Waals surface area (Å²) >= 11 is 0. The summed E-state index contributed by atoms with van der Waals surface area (Å²) in [5.74, 6) is 0.692. The van der Waals surface area contributed by atoms with Crippen molar-refractivity contribution in [1.82, 2.24) is 25.1 Å². The Kier molecular flexibility index (Phi) is 3.83. The SMILES string of the molecule is CN(Cc1cccnc1)C(=O)c1n[nH]c(C(C)(C)C)n1. The van der Waals surface area contributed by atoms with Crippen molar-refractivity contribution in [3.8, 4) is 0 Å². The maximum atomic E-state index is 12.2. The number of H-pyrrole nitrogens is 1. The van der Waals surface area contributed by atoms with Crippen LogP contribution in [0, 0.1) is 0 Å². The van der Waals surface area contributed by atoms with Crippen LogP contribution in [-0.2, 0) is 12.0 Å². The summed E-state index contributed by atoms with van der Waals surface area (Å²) in [4.78, 5) is 22.1. The lowest BCUT2D eigenvalue weighted by Gasteiger charge is -2.15. The van der Waals surface area contributed by atoms with Crippen molar-refractivity contribution in [1.29, 1.82) is 0 Å². The largest absolute Gasteiger partial charge is 0.335 e. The van der Waals surface area contributed by atoms with Crippen molar-refractivity contribution in [3.05, 3.63) is 41.7 Å². The number of carbonyl (C=O) groups is 1. The molecule has 0 aliphatic carbocycles. The van der Waals surface area contributed by atoms with Gasteiger partial charge in [0, 0.05) is 31.4 Å². The third kappa shape index (κ3) is 3.20. The van der Waals surface area contributed by atoms with E-state index in [1.54, 1.807) is 24.3 Å². The Bertz CT molecular complexity index is 585. The summed E-state index contributed by atoms with van der Waals surface area (Å²) in [5.41, 5.74) is 0.808. The van der Waals surface area contributed by atoms with Gasteiger partial charge in [-0.25, -0.2) is 4.98 Å². The lowest BCUT2D eigenvalue weighted by Crippen LogP contribution is -2.27. The molecule has 106 valence electrons. The van der Waals surface area contributed by atoms with E-state index in [0.717, 1.165) is 5.56 Å². The summed E-state index contributed by atoms with van der Waals surface area (Å²) in [5, 5.41) is 6.83. The number of aromatic nitrogens is 4. The van der Waals surface area contributed by atoms with Gasteiger partial charge in [-0.15, -0.1) is 5.10 Å². The molecule has 0 fully saturated rings. The molecule has 1 N–H and O–H groups in total. The molecule has 6 heteroatoms. The Balaban J connectivity index is 2.09. The third-order valence-corrected chi connectivity index (χ3v) is 2.88. The first-order chi connectivity index (χ1) is 9.38. The monoisotopic (exact) mass is 273 g/mol. The van der Waals surface area contributed by atoms with Crippen LogP contribution in [0.1, 0.15) is 42.8 Å². The Morgan fingerprint density at radius 2 is 2.15 bits per heavy atom. The summed E-state index contributed by atoms with van der Waals surface area (Å²) in [6.07, 6.45) is 3.44. The molecule has 2 heterocycles. The van der Waals surface area contributed by atoms with Crippen molar-refractivity contribution < 1.29 is 4.79 Å². The normalized spacial score (nSPS) is 11.4. The Morgan fingerprint density at radius 1 is 1.40 bits per heavy atom. The predicted molar refractivity (Wildman–Crippen MR) is 75.1 cm³/mol. The van der Waals surface area contributed by atoms with Gasteiger partial charge in [0.2, 0.25) is 5.82 Å². The van der Waals surface area contributed by atoms with Gasteiger partial charge in [-0.3, -0.25) is 14.9 Å². The van der Waals surface area contributed by atoms with Gasteiger partial charge in [0.05, 0.1) is 0 Å². The van der Waals surface area contributed by atoms with E-state index in [1.165, 1.54) is 0 Å². The van der Waals surface area contributed by atoms with Crippen LogP contribution in [-0.4, -0.2) is 38.0 Å². The predicted octanol–water partition coefficient (Wildman–Crippen LogP) is 1.77. The molecule has 2 rings (SSSR count). The number of rotatable bonds is 3. The van der Waals surface area contributed by atoms with Crippen LogP contribution in [0.15, 0.2) is 24.5 Å². The van der Waals surface area contributed by atoms with E-state index in [1.807, 2.05) is 32.9 Å². The first kappa shape index (κ1) is 14.2. The molecule has 0 aliphatic rings. The van der Waals surface area contributed by atoms with Crippen LogP contribution in [0.2, 0.25) is 0 Å². The van der Waals surface area contributed by atoms with Gasteiger partial charge >= 0.3 is 0 Å². The Hall–Kier alpha value is -2.24. The molecule has 0 saturated heterocycles. The van der Waals surface area contributed by atoms with Crippen LogP contribution in [0.3, 0.4) is 0 Å². The number of aromatic amines is 1. The average molecular weight is 273 g/mol. The van der Waals surface area contributed by atoms with Gasteiger partial charge < -0.3 is 4.90 Å². The fourth-order valence-corrected chi connectivity index (χ4v) is 1.70. The second-order valence-electron chi connectivity index (χ2n) is 5.78. The van der Waals surface area contributed by atoms with Crippen LogP contribution >= 0.6 is 0 Å². The molecule has 0 atom stereocenters.